The maximum Gasteiger partial charge on any atom is 0.339 e. The molecule has 0 radical (unpaired) electrons. The maximum absolute atomic E-state index is 12.4. The van der Waals surface area contributed by atoms with Crippen LogP contribution in [0.15, 0.2) is 33.7 Å². The number of thioether (sulfide) groups is 1. The average Bonchev–Trinajstić information content (AvgIpc) is 2.96. The van der Waals surface area contributed by atoms with E-state index in [1.165, 1.54) is 11.8 Å². The minimum absolute atomic E-state index is 0.0686. The molecule has 1 N–H and O–H groups in total. The summed E-state index contributed by atoms with van der Waals surface area (Å²) in [6.07, 6.45) is 1.87. The van der Waals surface area contributed by atoms with Crippen molar-refractivity contribution in [1.82, 2.24) is 10.5 Å². The maximum atomic E-state index is 12.4. The normalized spacial score (nSPS) is 11.9. The summed E-state index contributed by atoms with van der Waals surface area (Å²) in [6, 6.07) is 7.28. The average molecular weight is 391 g/mol. The summed E-state index contributed by atoms with van der Waals surface area (Å²) >= 11 is 1.51. The molecule has 0 saturated carbocycles. The van der Waals surface area contributed by atoms with Gasteiger partial charge in [-0.25, -0.2) is 4.79 Å². The molecule has 1 amide bonds. The minimum Gasteiger partial charge on any atom is -0.452 e. The van der Waals surface area contributed by atoms with Gasteiger partial charge < -0.3 is 14.6 Å². The molecule has 1 atom stereocenters. The Kier molecular flexibility index (Phi) is 7.91. The van der Waals surface area contributed by atoms with Gasteiger partial charge in [0, 0.05) is 22.3 Å². The summed E-state index contributed by atoms with van der Waals surface area (Å²) in [4.78, 5) is 25.1. The SMILES string of the molecule is CCC[C@@H](C)NC(=O)COC(=O)c1ccccc1SCc1c(C)noc1C. The molecular weight excluding hydrogens is 364 g/mol. The first kappa shape index (κ1) is 21.0. The third-order valence-electron chi connectivity index (χ3n) is 4.12. The Balaban J connectivity index is 1.96. The van der Waals surface area contributed by atoms with Crippen molar-refractivity contribution in [3.05, 3.63) is 46.8 Å². The van der Waals surface area contributed by atoms with Crippen molar-refractivity contribution < 1.29 is 18.8 Å². The molecule has 0 fully saturated rings. The highest BCUT2D eigenvalue weighted by atomic mass is 32.2. The van der Waals surface area contributed by atoms with Crippen LogP contribution >= 0.6 is 11.8 Å². The van der Waals surface area contributed by atoms with E-state index in [0.29, 0.717) is 11.3 Å². The fourth-order valence-corrected chi connectivity index (χ4v) is 3.84. The Labute approximate surface area is 164 Å². The number of benzene rings is 1. The van der Waals surface area contributed by atoms with E-state index in [1.807, 2.05) is 32.9 Å². The summed E-state index contributed by atoms with van der Waals surface area (Å²) in [5.74, 6) is 0.624. The molecule has 0 unspecified atom stereocenters. The van der Waals surface area contributed by atoms with Crippen molar-refractivity contribution in [3.8, 4) is 0 Å². The van der Waals surface area contributed by atoms with Crippen molar-refractivity contribution in [2.75, 3.05) is 6.61 Å². The van der Waals surface area contributed by atoms with Crippen molar-refractivity contribution >= 4 is 23.6 Å². The van der Waals surface area contributed by atoms with E-state index in [2.05, 4.69) is 17.4 Å². The van der Waals surface area contributed by atoms with Crippen LogP contribution in [0.3, 0.4) is 0 Å². The highest BCUT2D eigenvalue weighted by Crippen LogP contribution is 2.29. The molecule has 0 bridgehead atoms. The van der Waals surface area contributed by atoms with Gasteiger partial charge in [0.25, 0.3) is 5.91 Å². The van der Waals surface area contributed by atoms with Crippen molar-refractivity contribution in [2.24, 2.45) is 0 Å². The number of carbonyl (C=O) groups excluding carboxylic acids is 2. The summed E-state index contributed by atoms with van der Waals surface area (Å²) < 4.78 is 10.4. The topological polar surface area (TPSA) is 81.4 Å². The third kappa shape index (κ3) is 6.13. The van der Waals surface area contributed by atoms with Gasteiger partial charge in [-0.3, -0.25) is 4.79 Å². The number of aromatic nitrogens is 1. The van der Waals surface area contributed by atoms with Crippen LogP contribution in [0.2, 0.25) is 0 Å². The molecule has 6 nitrogen and oxygen atoms in total. The van der Waals surface area contributed by atoms with Gasteiger partial charge in [0.15, 0.2) is 6.61 Å². The van der Waals surface area contributed by atoms with Gasteiger partial charge in [0.05, 0.1) is 11.3 Å². The number of aryl methyl sites for hydroxylation is 2. The number of hydrogen-bond acceptors (Lipinski definition) is 6. The monoisotopic (exact) mass is 390 g/mol. The van der Waals surface area contributed by atoms with Crippen LogP contribution in [-0.4, -0.2) is 29.7 Å². The highest BCUT2D eigenvalue weighted by Gasteiger charge is 2.17. The lowest BCUT2D eigenvalue weighted by Gasteiger charge is -2.13. The first-order valence-corrected chi connectivity index (χ1v) is 10.0. The molecule has 0 aliphatic rings. The standard InChI is InChI=1S/C20H26N2O4S/c1-5-8-13(2)21-19(23)11-25-20(24)16-9-6-7-10-18(16)27-12-17-14(3)22-26-15(17)4/h6-7,9-10,13H,5,8,11-12H2,1-4H3,(H,21,23)/t13-/m1/s1. The molecule has 2 rings (SSSR count). The smallest absolute Gasteiger partial charge is 0.339 e. The van der Waals surface area contributed by atoms with E-state index >= 15 is 0 Å². The number of carbonyl (C=O) groups is 2. The number of rotatable bonds is 9. The molecule has 0 aliphatic carbocycles. The Bertz CT molecular complexity index is 769. The minimum atomic E-state index is -0.504. The molecule has 1 aromatic heterocycles. The number of nitrogens with one attached hydrogen (secondary N) is 1. The van der Waals surface area contributed by atoms with Crippen LogP contribution in [0, 0.1) is 13.8 Å². The fraction of sp³-hybridized carbons (Fsp3) is 0.450. The van der Waals surface area contributed by atoms with Gasteiger partial charge >= 0.3 is 5.97 Å². The lowest BCUT2D eigenvalue weighted by atomic mass is 10.2. The molecule has 2 aromatic rings. The second kappa shape index (κ2) is 10.2. The summed E-state index contributed by atoms with van der Waals surface area (Å²) in [7, 11) is 0. The second-order valence-electron chi connectivity index (χ2n) is 6.42. The van der Waals surface area contributed by atoms with Gasteiger partial charge in [-0.15, -0.1) is 11.8 Å². The molecule has 7 heteroatoms. The number of ether oxygens (including phenoxy) is 1. The first-order valence-electron chi connectivity index (χ1n) is 9.02. The van der Waals surface area contributed by atoms with E-state index in [1.54, 1.807) is 12.1 Å². The Morgan fingerprint density at radius 2 is 2.04 bits per heavy atom. The molecule has 1 aromatic carbocycles. The van der Waals surface area contributed by atoms with Crippen LogP contribution in [-0.2, 0) is 15.3 Å². The van der Waals surface area contributed by atoms with Gasteiger partial charge in [0.2, 0.25) is 0 Å². The molecular formula is C20H26N2O4S. The fourth-order valence-electron chi connectivity index (χ4n) is 2.65. The zero-order valence-electron chi connectivity index (χ0n) is 16.2. The van der Waals surface area contributed by atoms with Gasteiger partial charge in [-0.05, 0) is 39.3 Å². The van der Waals surface area contributed by atoms with Crippen LogP contribution in [0.5, 0.6) is 0 Å². The van der Waals surface area contributed by atoms with Crippen molar-refractivity contribution in [3.63, 3.8) is 0 Å². The van der Waals surface area contributed by atoms with Crippen molar-refractivity contribution in [1.29, 1.82) is 0 Å². The van der Waals surface area contributed by atoms with E-state index < -0.39 is 5.97 Å². The second-order valence-corrected chi connectivity index (χ2v) is 7.44. The molecule has 146 valence electrons. The first-order chi connectivity index (χ1) is 12.9. The summed E-state index contributed by atoms with van der Waals surface area (Å²) in [5, 5.41) is 6.77. The van der Waals surface area contributed by atoms with E-state index in [9.17, 15) is 9.59 Å². The number of nitrogens with zero attached hydrogens (tertiary/aromatic N) is 1. The number of hydrogen-bond donors (Lipinski definition) is 1. The summed E-state index contributed by atoms with van der Waals surface area (Å²) in [6.45, 7) is 7.47. The Hall–Kier alpha value is -2.28. The lowest BCUT2D eigenvalue weighted by molar-refractivity contribution is -0.124. The molecule has 0 spiro atoms. The van der Waals surface area contributed by atoms with Gasteiger partial charge in [-0.2, -0.15) is 0 Å². The molecule has 27 heavy (non-hydrogen) atoms. The Morgan fingerprint density at radius 1 is 1.30 bits per heavy atom. The molecule has 0 aliphatic heterocycles. The van der Waals surface area contributed by atoms with E-state index in [4.69, 9.17) is 9.26 Å². The Morgan fingerprint density at radius 3 is 2.70 bits per heavy atom. The van der Waals surface area contributed by atoms with Gasteiger partial charge in [-0.1, -0.05) is 30.6 Å². The van der Waals surface area contributed by atoms with E-state index in [-0.39, 0.29) is 18.6 Å². The summed E-state index contributed by atoms with van der Waals surface area (Å²) in [5.41, 5.74) is 2.31. The van der Waals surface area contributed by atoms with Crippen LogP contribution < -0.4 is 5.32 Å². The predicted molar refractivity (Wildman–Crippen MR) is 105 cm³/mol. The quantitative estimate of drug-likeness (QED) is 0.514. The van der Waals surface area contributed by atoms with Crippen LogP contribution in [0.25, 0.3) is 0 Å². The zero-order chi connectivity index (χ0) is 19.8. The van der Waals surface area contributed by atoms with E-state index in [0.717, 1.165) is 34.8 Å². The van der Waals surface area contributed by atoms with Gasteiger partial charge in [0.1, 0.15) is 5.76 Å². The predicted octanol–water partition coefficient (Wildman–Crippen LogP) is 4.05. The molecule has 0 saturated heterocycles. The van der Waals surface area contributed by atoms with Crippen LogP contribution in [0.4, 0.5) is 0 Å². The van der Waals surface area contributed by atoms with Crippen LogP contribution in [0.1, 0.15) is 54.1 Å². The third-order valence-corrected chi connectivity index (χ3v) is 5.22. The lowest BCUT2D eigenvalue weighted by Crippen LogP contribution is -2.35. The zero-order valence-corrected chi connectivity index (χ0v) is 17.0. The molecule has 1 heterocycles. The highest BCUT2D eigenvalue weighted by molar-refractivity contribution is 7.98. The number of esters is 1. The van der Waals surface area contributed by atoms with Crippen molar-refractivity contribution in [2.45, 2.75) is 57.2 Å². The largest absolute Gasteiger partial charge is 0.452 e. The number of amides is 1.